The predicted octanol–water partition coefficient (Wildman–Crippen LogP) is 2.93. The van der Waals surface area contributed by atoms with Crippen LogP contribution in [0.25, 0.3) is 0 Å². The molecule has 0 bridgehead atoms. The summed E-state index contributed by atoms with van der Waals surface area (Å²) in [7, 11) is 2.15. The third-order valence-electron chi connectivity index (χ3n) is 2.23. The molecule has 0 aromatic carbocycles. The summed E-state index contributed by atoms with van der Waals surface area (Å²) in [5, 5.41) is 1.03. The number of nitrogens with zero attached hydrogens (tertiary/aromatic N) is 2. The molecule has 0 spiro atoms. The van der Waals surface area contributed by atoms with E-state index in [1.807, 2.05) is 18.5 Å². The first-order valence-electron chi connectivity index (χ1n) is 5.17. The lowest BCUT2D eigenvalue weighted by Gasteiger charge is -2.28. The van der Waals surface area contributed by atoms with E-state index in [1.165, 1.54) is 5.56 Å². The van der Waals surface area contributed by atoms with E-state index in [-0.39, 0.29) is 0 Å². The molecule has 1 aromatic rings. The molecular formula is C12H19BrN2. The molecule has 1 aromatic heterocycles. The van der Waals surface area contributed by atoms with Gasteiger partial charge in [-0.3, -0.25) is 4.98 Å². The second-order valence-corrected chi connectivity index (χ2v) is 5.39. The van der Waals surface area contributed by atoms with Crippen LogP contribution in [0.2, 0.25) is 0 Å². The molecule has 0 unspecified atom stereocenters. The molecule has 0 aliphatic rings. The Morgan fingerprint density at radius 3 is 2.73 bits per heavy atom. The Morgan fingerprint density at radius 2 is 2.20 bits per heavy atom. The lowest BCUT2D eigenvalue weighted by atomic mass is 9.96. The monoisotopic (exact) mass is 270 g/mol. The van der Waals surface area contributed by atoms with Gasteiger partial charge < -0.3 is 4.90 Å². The summed E-state index contributed by atoms with van der Waals surface area (Å²) in [5.74, 6) is 0. The molecule has 3 heteroatoms. The van der Waals surface area contributed by atoms with Crippen molar-refractivity contribution in [2.45, 2.75) is 20.4 Å². The van der Waals surface area contributed by atoms with Crippen LogP contribution >= 0.6 is 15.9 Å². The van der Waals surface area contributed by atoms with Crippen molar-refractivity contribution in [1.82, 2.24) is 9.88 Å². The zero-order chi connectivity index (χ0) is 11.3. The third kappa shape index (κ3) is 4.76. The molecule has 0 amide bonds. The van der Waals surface area contributed by atoms with Crippen molar-refractivity contribution in [2.24, 2.45) is 5.41 Å². The van der Waals surface area contributed by atoms with E-state index in [4.69, 9.17) is 0 Å². The molecule has 1 heterocycles. The predicted molar refractivity (Wildman–Crippen MR) is 68.1 cm³/mol. The van der Waals surface area contributed by atoms with Gasteiger partial charge in [-0.1, -0.05) is 35.8 Å². The summed E-state index contributed by atoms with van der Waals surface area (Å²) >= 11 is 3.55. The fraction of sp³-hybridized carbons (Fsp3) is 0.583. The first-order valence-corrected chi connectivity index (χ1v) is 6.29. The lowest BCUT2D eigenvalue weighted by Crippen LogP contribution is -2.32. The van der Waals surface area contributed by atoms with Crippen LogP contribution in [0.1, 0.15) is 19.4 Å². The molecule has 15 heavy (non-hydrogen) atoms. The van der Waals surface area contributed by atoms with Gasteiger partial charge >= 0.3 is 0 Å². The van der Waals surface area contributed by atoms with Gasteiger partial charge in [0.2, 0.25) is 0 Å². The largest absolute Gasteiger partial charge is 0.301 e. The molecule has 0 radical (unpaired) electrons. The number of hydrogen-bond acceptors (Lipinski definition) is 2. The quantitative estimate of drug-likeness (QED) is 0.765. The van der Waals surface area contributed by atoms with Crippen molar-refractivity contribution < 1.29 is 0 Å². The Morgan fingerprint density at radius 1 is 1.47 bits per heavy atom. The molecule has 84 valence electrons. The topological polar surface area (TPSA) is 16.1 Å². The van der Waals surface area contributed by atoms with E-state index >= 15 is 0 Å². The van der Waals surface area contributed by atoms with Crippen molar-refractivity contribution in [2.75, 3.05) is 18.9 Å². The van der Waals surface area contributed by atoms with Gasteiger partial charge in [-0.05, 0) is 24.1 Å². The highest BCUT2D eigenvalue weighted by molar-refractivity contribution is 9.09. The maximum atomic E-state index is 4.12. The van der Waals surface area contributed by atoms with Gasteiger partial charge in [0.25, 0.3) is 0 Å². The van der Waals surface area contributed by atoms with Crippen LogP contribution in [0.4, 0.5) is 0 Å². The van der Waals surface area contributed by atoms with Crippen LogP contribution in [0, 0.1) is 5.41 Å². The third-order valence-corrected chi connectivity index (χ3v) is 3.75. The molecule has 1 rings (SSSR count). The summed E-state index contributed by atoms with van der Waals surface area (Å²) < 4.78 is 0. The minimum absolute atomic E-state index is 0.316. The van der Waals surface area contributed by atoms with E-state index in [0.717, 1.165) is 18.4 Å². The molecule has 0 N–H and O–H groups in total. The molecule has 0 fully saturated rings. The number of alkyl halides is 1. The van der Waals surface area contributed by atoms with Gasteiger partial charge in [0.05, 0.1) is 0 Å². The first kappa shape index (κ1) is 12.7. The van der Waals surface area contributed by atoms with Crippen LogP contribution in [0.5, 0.6) is 0 Å². The normalized spacial score (nSPS) is 12.1. The fourth-order valence-electron chi connectivity index (χ4n) is 1.63. The number of pyridine rings is 1. The SMILES string of the molecule is CN(Cc1cccnc1)CC(C)(C)CBr. The standard InChI is InChI=1S/C12H19BrN2/c1-12(2,9-13)10-15(3)8-11-5-4-6-14-7-11/h4-7H,8-10H2,1-3H3. The van der Waals surface area contributed by atoms with Crippen LogP contribution in [0.15, 0.2) is 24.5 Å². The second-order valence-electron chi connectivity index (χ2n) is 4.83. The Kier molecular flexibility index (Phi) is 4.74. The van der Waals surface area contributed by atoms with E-state index < -0.39 is 0 Å². The van der Waals surface area contributed by atoms with E-state index in [9.17, 15) is 0 Å². The van der Waals surface area contributed by atoms with Crippen LogP contribution in [-0.2, 0) is 6.54 Å². The smallest absolute Gasteiger partial charge is 0.0312 e. The van der Waals surface area contributed by atoms with Crippen LogP contribution < -0.4 is 0 Å². The van der Waals surface area contributed by atoms with Crippen LogP contribution in [0.3, 0.4) is 0 Å². The van der Waals surface area contributed by atoms with Gasteiger partial charge in [-0.25, -0.2) is 0 Å². The van der Waals surface area contributed by atoms with Crippen molar-refractivity contribution in [1.29, 1.82) is 0 Å². The second kappa shape index (κ2) is 5.61. The van der Waals surface area contributed by atoms with Gasteiger partial charge in [-0.2, -0.15) is 0 Å². The van der Waals surface area contributed by atoms with Crippen molar-refractivity contribution in [3.05, 3.63) is 30.1 Å². The van der Waals surface area contributed by atoms with Gasteiger partial charge in [0, 0.05) is 30.8 Å². The number of halogens is 1. The summed E-state index contributed by atoms with van der Waals surface area (Å²) in [6.07, 6.45) is 3.74. The number of rotatable bonds is 5. The Bertz CT molecular complexity index is 285. The number of hydrogen-bond donors (Lipinski definition) is 0. The van der Waals surface area contributed by atoms with Gasteiger partial charge in [0.1, 0.15) is 0 Å². The highest BCUT2D eigenvalue weighted by Crippen LogP contribution is 2.19. The van der Waals surface area contributed by atoms with E-state index in [2.05, 4.69) is 52.8 Å². The maximum absolute atomic E-state index is 4.12. The maximum Gasteiger partial charge on any atom is 0.0312 e. The van der Waals surface area contributed by atoms with Gasteiger partial charge in [-0.15, -0.1) is 0 Å². The van der Waals surface area contributed by atoms with E-state index in [1.54, 1.807) is 0 Å². The van der Waals surface area contributed by atoms with Crippen LogP contribution in [-0.4, -0.2) is 28.8 Å². The molecule has 0 atom stereocenters. The Hall–Kier alpha value is -0.410. The zero-order valence-electron chi connectivity index (χ0n) is 9.70. The van der Waals surface area contributed by atoms with Crippen molar-refractivity contribution in [3.63, 3.8) is 0 Å². The molecule has 0 aliphatic heterocycles. The van der Waals surface area contributed by atoms with Crippen molar-refractivity contribution in [3.8, 4) is 0 Å². The molecule has 0 aliphatic carbocycles. The fourth-order valence-corrected chi connectivity index (χ4v) is 1.81. The average Bonchev–Trinajstić information content (AvgIpc) is 2.18. The molecule has 2 nitrogen and oxygen atoms in total. The molecular weight excluding hydrogens is 252 g/mol. The molecule has 0 saturated carbocycles. The highest BCUT2D eigenvalue weighted by atomic mass is 79.9. The lowest BCUT2D eigenvalue weighted by molar-refractivity contribution is 0.225. The minimum atomic E-state index is 0.316. The van der Waals surface area contributed by atoms with E-state index in [0.29, 0.717) is 5.41 Å². The Balaban J connectivity index is 2.46. The van der Waals surface area contributed by atoms with Gasteiger partial charge in [0.15, 0.2) is 0 Å². The molecule has 0 saturated heterocycles. The summed E-state index contributed by atoms with van der Waals surface area (Å²) in [6.45, 7) is 6.57. The average molecular weight is 271 g/mol. The Labute approximate surface area is 101 Å². The summed E-state index contributed by atoms with van der Waals surface area (Å²) in [4.78, 5) is 6.45. The number of aromatic nitrogens is 1. The zero-order valence-corrected chi connectivity index (χ0v) is 11.3. The van der Waals surface area contributed by atoms with Crippen molar-refractivity contribution >= 4 is 15.9 Å². The highest BCUT2D eigenvalue weighted by Gasteiger charge is 2.18. The first-order chi connectivity index (χ1) is 7.03. The minimum Gasteiger partial charge on any atom is -0.301 e. The summed E-state index contributed by atoms with van der Waals surface area (Å²) in [6, 6.07) is 4.10. The summed E-state index contributed by atoms with van der Waals surface area (Å²) in [5.41, 5.74) is 1.59.